The standard InChI is InChI=1S/C25H24F4N2O/c1-16(20-14-31(15-20)12-11-26)30-24(32)19-7-10-23-18(13-19)3-2-4-22(23)17-5-8-21(9-6-17)25(27,28)29/h2-10,13,16,20H,11-12,14-15H2,1H3,(H,30,32)/t16-/m1/s1. The molecule has 0 saturated carbocycles. The number of alkyl halides is 4. The molecule has 32 heavy (non-hydrogen) atoms. The zero-order chi connectivity index (χ0) is 22.9. The van der Waals surface area contributed by atoms with Gasteiger partial charge in [0, 0.05) is 37.2 Å². The lowest BCUT2D eigenvalue weighted by Crippen LogP contribution is -2.56. The first-order valence-electron chi connectivity index (χ1n) is 10.6. The third kappa shape index (κ3) is 4.63. The molecule has 7 heteroatoms. The van der Waals surface area contributed by atoms with Gasteiger partial charge in [0.1, 0.15) is 6.67 Å². The molecule has 0 aromatic heterocycles. The largest absolute Gasteiger partial charge is 0.416 e. The van der Waals surface area contributed by atoms with Gasteiger partial charge in [-0.15, -0.1) is 0 Å². The summed E-state index contributed by atoms with van der Waals surface area (Å²) in [6, 6.07) is 16.0. The number of nitrogens with zero attached hydrogens (tertiary/aromatic N) is 1. The van der Waals surface area contributed by atoms with Crippen molar-refractivity contribution in [2.75, 3.05) is 26.3 Å². The molecule has 1 N–H and O–H groups in total. The molecule has 1 fully saturated rings. The molecule has 1 aliphatic heterocycles. The Morgan fingerprint density at radius 2 is 1.81 bits per heavy atom. The number of halogens is 4. The Balaban J connectivity index is 1.51. The summed E-state index contributed by atoms with van der Waals surface area (Å²) < 4.78 is 51.0. The first-order valence-corrected chi connectivity index (χ1v) is 10.6. The fourth-order valence-corrected chi connectivity index (χ4v) is 4.15. The Morgan fingerprint density at radius 1 is 1.09 bits per heavy atom. The van der Waals surface area contributed by atoms with Crippen LogP contribution in [0.3, 0.4) is 0 Å². The highest BCUT2D eigenvalue weighted by molar-refractivity contribution is 6.02. The molecule has 1 aliphatic rings. The van der Waals surface area contributed by atoms with Crippen molar-refractivity contribution in [3.8, 4) is 11.1 Å². The minimum Gasteiger partial charge on any atom is -0.349 e. The molecule has 1 amide bonds. The second-order valence-electron chi connectivity index (χ2n) is 8.29. The van der Waals surface area contributed by atoms with E-state index in [1.807, 2.05) is 36.1 Å². The van der Waals surface area contributed by atoms with E-state index in [0.29, 0.717) is 23.6 Å². The van der Waals surface area contributed by atoms with E-state index >= 15 is 0 Å². The average molecular weight is 444 g/mol. The summed E-state index contributed by atoms with van der Waals surface area (Å²) >= 11 is 0. The molecule has 1 saturated heterocycles. The molecule has 3 aromatic carbocycles. The number of hydrogen-bond donors (Lipinski definition) is 1. The quantitative estimate of drug-likeness (QED) is 0.506. The van der Waals surface area contributed by atoms with Gasteiger partial charge in [-0.1, -0.05) is 36.4 Å². The molecule has 3 nitrogen and oxygen atoms in total. The van der Waals surface area contributed by atoms with Crippen LogP contribution < -0.4 is 5.32 Å². The molecule has 3 aromatic rings. The van der Waals surface area contributed by atoms with Gasteiger partial charge in [0.25, 0.3) is 5.91 Å². The Hall–Kier alpha value is -2.93. The molecule has 0 unspecified atom stereocenters. The Labute approximate surface area is 184 Å². The number of benzene rings is 3. The van der Waals surface area contributed by atoms with Gasteiger partial charge in [0.2, 0.25) is 0 Å². The van der Waals surface area contributed by atoms with Crippen molar-refractivity contribution in [1.29, 1.82) is 0 Å². The number of hydrogen-bond acceptors (Lipinski definition) is 2. The van der Waals surface area contributed by atoms with E-state index in [1.165, 1.54) is 12.1 Å². The van der Waals surface area contributed by atoms with Gasteiger partial charge in [-0.3, -0.25) is 9.69 Å². The molecule has 168 valence electrons. The highest BCUT2D eigenvalue weighted by atomic mass is 19.4. The zero-order valence-electron chi connectivity index (χ0n) is 17.6. The predicted octanol–water partition coefficient (Wildman–Crippen LogP) is 5.55. The summed E-state index contributed by atoms with van der Waals surface area (Å²) in [5.74, 6) is 0.125. The van der Waals surface area contributed by atoms with Crippen molar-refractivity contribution in [2.24, 2.45) is 5.92 Å². The molecule has 0 spiro atoms. The first kappa shape index (κ1) is 22.3. The number of rotatable bonds is 6. The predicted molar refractivity (Wildman–Crippen MR) is 117 cm³/mol. The number of nitrogens with one attached hydrogen (secondary N) is 1. The number of likely N-dealkylation sites (tertiary alicyclic amines) is 1. The lowest BCUT2D eigenvalue weighted by atomic mass is 9.92. The Morgan fingerprint density at radius 3 is 2.47 bits per heavy atom. The molecular weight excluding hydrogens is 420 g/mol. The van der Waals surface area contributed by atoms with Crippen LogP contribution in [-0.2, 0) is 6.18 Å². The second-order valence-corrected chi connectivity index (χ2v) is 8.29. The van der Waals surface area contributed by atoms with Crippen LogP contribution in [0.2, 0.25) is 0 Å². The lowest BCUT2D eigenvalue weighted by molar-refractivity contribution is -0.137. The molecular formula is C25H24F4N2O. The Kier molecular flexibility index (Phi) is 6.20. The van der Waals surface area contributed by atoms with Crippen molar-refractivity contribution in [3.63, 3.8) is 0 Å². The topological polar surface area (TPSA) is 32.3 Å². The van der Waals surface area contributed by atoms with Gasteiger partial charge in [-0.25, -0.2) is 4.39 Å². The SMILES string of the molecule is C[C@@H](NC(=O)c1ccc2c(-c3ccc(C(F)(F)F)cc3)cccc2c1)C1CN(CCF)C1. The van der Waals surface area contributed by atoms with Crippen LogP contribution in [0.5, 0.6) is 0 Å². The average Bonchev–Trinajstić information content (AvgIpc) is 2.74. The smallest absolute Gasteiger partial charge is 0.349 e. The van der Waals surface area contributed by atoms with Crippen LogP contribution in [0.1, 0.15) is 22.8 Å². The van der Waals surface area contributed by atoms with Crippen LogP contribution in [-0.4, -0.2) is 43.2 Å². The lowest BCUT2D eigenvalue weighted by Gasteiger charge is -2.42. The number of carbonyl (C=O) groups excluding carboxylic acids is 1. The fraction of sp³-hybridized carbons (Fsp3) is 0.320. The van der Waals surface area contributed by atoms with E-state index in [0.717, 1.165) is 41.6 Å². The normalized spacial score (nSPS) is 16.0. The van der Waals surface area contributed by atoms with E-state index in [9.17, 15) is 22.4 Å². The first-order chi connectivity index (χ1) is 15.3. The number of carbonyl (C=O) groups is 1. The zero-order valence-corrected chi connectivity index (χ0v) is 17.6. The Bertz CT molecular complexity index is 1110. The summed E-state index contributed by atoms with van der Waals surface area (Å²) in [6.07, 6.45) is -4.37. The molecule has 1 heterocycles. The maximum Gasteiger partial charge on any atom is 0.416 e. The van der Waals surface area contributed by atoms with Crippen LogP contribution in [0.15, 0.2) is 60.7 Å². The molecule has 4 rings (SSSR count). The van der Waals surface area contributed by atoms with Crippen molar-refractivity contribution in [1.82, 2.24) is 10.2 Å². The van der Waals surface area contributed by atoms with Gasteiger partial charge in [-0.05, 0) is 53.1 Å². The van der Waals surface area contributed by atoms with Crippen LogP contribution in [0.4, 0.5) is 17.6 Å². The van der Waals surface area contributed by atoms with Gasteiger partial charge < -0.3 is 5.32 Å². The van der Waals surface area contributed by atoms with E-state index in [1.54, 1.807) is 12.1 Å². The number of fused-ring (bicyclic) bond motifs is 1. The third-order valence-corrected chi connectivity index (χ3v) is 6.12. The summed E-state index contributed by atoms with van der Waals surface area (Å²) in [5, 5.41) is 4.72. The minimum absolute atomic E-state index is 0.0208. The minimum atomic E-state index is -4.37. The summed E-state index contributed by atoms with van der Waals surface area (Å²) in [7, 11) is 0. The maximum absolute atomic E-state index is 12.9. The van der Waals surface area contributed by atoms with Crippen LogP contribution in [0.25, 0.3) is 21.9 Å². The van der Waals surface area contributed by atoms with Gasteiger partial charge in [0.15, 0.2) is 0 Å². The molecule has 0 aliphatic carbocycles. The van der Waals surface area contributed by atoms with Gasteiger partial charge >= 0.3 is 6.18 Å². The highest BCUT2D eigenvalue weighted by Crippen LogP contribution is 2.33. The summed E-state index contributed by atoms with van der Waals surface area (Å²) in [4.78, 5) is 14.8. The van der Waals surface area contributed by atoms with Gasteiger partial charge in [0.05, 0.1) is 5.56 Å². The maximum atomic E-state index is 12.9. The summed E-state index contributed by atoms with van der Waals surface area (Å²) in [6.45, 7) is 3.58. The van der Waals surface area contributed by atoms with Gasteiger partial charge in [-0.2, -0.15) is 13.2 Å². The molecule has 1 atom stereocenters. The fourth-order valence-electron chi connectivity index (χ4n) is 4.15. The number of amides is 1. The van der Waals surface area contributed by atoms with Crippen molar-refractivity contribution in [3.05, 3.63) is 71.8 Å². The van der Waals surface area contributed by atoms with E-state index in [4.69, 9.17) is 0 Å². The van der Waals surface area contributed by atoms with E-state index in [2.05, 4.69) is 5.32 Å². The highest BCUT2D eigenvalue weighted by Gasteiger charge is 2.32. The van der Waals surface area contributed by atoms with Crippen molar-refractivity contribution < 1.29 is 22.4 Å². The second kappa shape index (κ2) is 8.90. The third-order valence-electron chi connectivity index (χ3n) is 6.12. The van der Waals surface area contributed by atoms with Crippen molar-refractivity contribution >= 4 is 16.7 Å². The molecule has 0 radical (unpaired) electrons. The van der Waals surface area contributed by atoms with Crippen LogP contribution >= 0.6 is 0 Å². The van der Waals surface area contributed by atoms with E-state index < -0.39 is 11.7 Å². The van der Waals surface area contributed by atoms with Crippen LogP contribution in [0, 0.1) is 5.92 Å². The molecule has 0 bridgehead atoms. The van der Waals surface area contributed by atoms with Crippen molar-refractivity contribution in [2.45, 2.75) is 19.1 Å². The van der Waals surface area contributed by atoms with E-state index in [-0.39, 0.29) is 18.6 Å². The summed E-state index contributed by atoms with van der Waals surface area (Å²) in [5.41, 5.74) is 1.32. The monoisotopic (exact) mass is 444 g/mol.